The summed E-state index contributed by atoms with van der Waals surface area (Å²) in [4.78, 5) is 24.3. The maximum atomic E-state index is 13.0. The van der Waals surface area contributed by atoms with E-state index < -0.39 is 43.0 Å². The Morgan fingerprint density at radius 3 is 2.15 bits per heavy atom. The van der Waals surface area contributed by atoms with Gasteiger partial charge in [0.15, 0.2) is 0 Å². The Morgan fingerprint density at radius 1 is 1.15 bits per heavy atom. The first-order valence-corrected chi connectivity index (χ1v) is 7.95. The van der Waals surface area contributed by atoms with Crippen LogP contribution in [-0.4, -0.2) is 55.4 Å². The number of halogens is 3. The van der Waals surface area contributed by atoms with E-state index in [-0.39, 0.29) is 12.8 Å². The van der Waals surface area contributed by atoms with Crippen LogP contribution in [0.2, 0.25) is 0 Å². The zero-order valence-corrected chi connectivity index (χ0v) is 14.4. The molecule has 0 saturated carbocycles. The van der Waals surface area contributed by atoms with Crippen LogP contribution in [0.1, 0.15) is 12.0 Å². The fourth-order valence-corrected chi connectivity index (χ4v) is 3.01. The molecule has 2 atom stereocenters. The highest BCUT2D eigenvalue weighted by Crippen LogP contribution is 2.38. The number of aliphatic carboxylic acids is 1. The summed E-state index contributed by atoms with van der Waals surface area (Å²) in [6.07, 6.45) is -4.41. The average Bonchev–Trinajstić information content (AvgIpc) is 3.05. The number of methoxy groups -OCH3 is 2. The average molecular weight is 375 g/mol. The van der Waals surface area contributed by atoms with E-state index in [2.05, 4.69) is 0 Å². The van der Waals surface area contributed by atoms with E-state index in [1.165, 1.54) is 14.2 Å². The number of nitrogens with zero attached hydrogens (tertiary/aromatic N) is 1. The number of carboxylic acid groups (broad SMARTS) is 1. The number of likely N-dealkylation sites (tertiary alicyclic amines) is 1. The summed E-state index contributed by atoms with van der Waals surface area (Å²) in [5.41, 5.74) is 0.732. The third kappa shape index (κ3) is 4.59. The van der Waals surface area contributed by atoms with Gasteiger partial charge in [-0.05, 0) is 24.1 Å². The second-order valence-corrected chi connectivity index (χ2v) is 6.11. The van der Waals surface area contributed by atoms with Crippen LogP contribution >= 0.6 is 0 Å². The molecule has 1 saturated heterocycles. The zero-order chi connectivity index (χ0) is 19.5. The van der Waals surface area contributed by atoms with Gasteiger partial charge in [-0.3, -0.25) is 9.59 Å². The number of carbonyl (C=O) groups excluding carboxylic acids is 1. The van der Waals surface area contributed by atoms with E-state index >= 15 is 0 Å². The predicted octanol–water partition coefficient (Wildman–Crippen LogP) is 2.36. The van der Waals surface area contributed by atoms with E-state index in [9.17, 15) is 22.8 Å². The molecule has 0 aromatic heterocycles. The van der Waals surface area contributed by atoms with Crippen LogP contribution in [0.4, 0.5) is 13.2 Å². The van der Waals surface area contributed by atoms with Crippen LogP contribution in [0.3, 0.4) is 0 Å². The van der Waals surface area contributed by atoms with Crippen molar-refractivity contribution in [3.63, 3.8) is 0 Å². The van der Waals surface area contributed by atoms with Gasteiger partial charge in [0.2, 0.25) is 5.91 Å². The molecule has 0 radical (unpaired) electrons. The number of aryl methyl sites for hydroxylation is 1. The van der Waals surface area contributed by atoms with Crippen LogP contribution < -0.4 is 9.47 Å². The monoisotopic (exact) mass is 375 g/mol. The van der Waals surface area contributed by atoms with Gasteiger partial charge >= 0.3 is 12.1 Å². The molecule has 6 nitrogen and oxygen atoms in total. The minimum Gasteiger partial charge on any atom is -0.497 e. The lowest BCUT2D eigenvalue weighted by atomic mass is 9.96. The highest BCUT2D eigenvalue weighted by Gasteiger charge is 2.53. The Bertz CT molecular complexity index is 655. The van der Waals surface area contributed by atoms with Gasteiger partial charge in [-0.1, -0.05) is 0 Å². The van der Waals surface area contributed by atoms with E-state index in [0.717, 1.165) is 10.5 Å². The van der Waals surface area contributed by atoms with Crippen molar-refractivity contribution < 1.29 is 37.3 Å². The molecular formula is C17H20F3NO5. The standard InChI is InChI=1S/C17H20F3NO5/c1-25-11-5-10(6-12(7-11)26-2)3-4-15(22)21-8-13(16(23)24)14(9-21)17(18,19)20/h5-7,13-14H,3-4,8-9H2,1-2H3,(H,23,24)/t13-,14-/m1/s1. The predicted molar refractivity (Wildman–Crippen MR) is 85.1 cm³/mol. The molecule has 144 valence electrons. The molecule has 0 bridgehead atoms. The van der Waals surface area contributed by atoms with Crippen molar-refractivity contribution in [2.24, 2.45) is 11.8 Å². The molecule has 0 unspecified atom stereocenters. The smallest absolute Gasteiger partial charge is 0.394 e. The Labute approximate surface area is 148 Å². The molecular weight excluding hydrogens is 355 g/mol. The number of benzene rings is 1. The molecule has 1 amide bonds. The molecule has 1 fully saturated rings. The van der Waals surface area contributed by atoms with Gasteiger partial charge in [0.05, 0.1) is 26.1 Å². The van der Waals surface area contributed by atoms with Crippen molar-refractivity contribution in [1.82, 2.24) is 4.90 Å². The SMILES string of the molecule is COc1cc(CCC(=O)N2C[C@@H](C(F)(F)F)[C@H](C(=O)O)C2)cc(OC)c1. The molecule has 1 aromatic carbocycles. The number of hydrogen-bond donors (Lipinski definition) is 1. The zero-order valence-electron chi connectivity index (χ0n) is 14.4. The lowest BCUT2D eigenvalue weighted by Crippen LogP contribution is -2.34. The summed E-state index contributed by atoms with van der Waals surface area (Å²) in [6, 6.07) is 5.08. The summed E-state index contributed by atoms with van der Waals surface area (Å²) < 4.78 is 49.2. The Balaban J connectivity index is 2.03. The quantitative estimate of drug-likeness (QED) is 0.826. The second-order valence-electron chi connectivity index (χ2n) is 6.11. The topological polar surface area (TPSA) is 76.1 Å². The minimum atomic E-state index is -4.65. The third-order valence-electron chi connectivity index (χ3n) is 4.45. The van der Waals surface area contributed by atoms with Crippen molar-refractivity contribution in [1.29, 1.82) is 0 Å². The Kier molecular flexibility index (Phi) is 5.99. The van der Waals surface area contributed by atoms with Crippen LogP contribution in [0, 0.1) is 11.8 Å². The first kappa shape index (κ1) is 19.9. The number of hydrogen-bond acceptors (Lipinski definition) is 4. The molecule has 1 N–H and O–H groups in total. The summed E-state index contributed by atoms with van der Waals surface area (Å²) in [5, 5.41) is 9.00. The van der Waals surface area contributed by atoms with Gasteiger partial charge < -0.3 is 19.5 Å². The van der Waals surface area contributed by atoms with E-state index in [1.54, 1.807) is 18.2 Å². The van der Waals surface area contributed by atoms with Gasteiger partial charge in [-0.15, -0.1) is 0 Å². The second kappa shape index (κ2) is 7.84. The normalized spacial score (nSPS) is 20.1. The molecule has 0 aliphatic carbocycles. The first-order chi connectivity index (χ1) is 12.2. The van der Waals surface area contributed by atoms with Crippen molar-refractivity contribution in [3.8, 4) is 11.5 Å². The number of amides is 1. The van der Waals surface area contributed by atoms with Gasteiger partial charge in [0.25, 0.3) is 0 Å². The fraction of sp³-hybridized carbons (Fsp3) is 0.529. The van der Waals surface area contributed by atoms with Crippen molar-refractivity contribution in [2.45, 2.75) is 19.0 Å². The van der Waals surface area contributed by atoms with Crippen LogP contribution in [-0.2, 0) is 16.0 Å². The van der Waals surface area contributed by atoms with Crippen molar-refractivity contribution in [3.05, 3.63) is 23.8 Å². The summed E-state index contributed by atoms with van der Waals surface area (Å²) in [5.74, 6) is -4.64. The highest BCUT2D eigenvalue weighted by atomic mass is 19.4. The van der Waals surface area contributed by atoms with Crippen LogP contribution in [0.25, 0.3) is 0 Å². The van der Waals surface area contributed by atoms with Crippen LogP contribution in [0.15, 0.2) is 18.2 Å². The molecule has 9 heteroatoms. The molecule has 0 spiro atoms. The first-order valence-electron chi connectivity index (χ1n) is 7.95. The molecule has 26 heavy (non-hydrogen) atoms. The molecule has 1 aliphatic heterocycles. The van der Waals surface area contributed by atoms with Gasteiger partial charge in [0.1, 0.15) is 11.5 Å². The van der Waals surface area contributed by atoms with Crippen molar-refractivity contribution >= 4 is 11.9 Å². The fourth-order valence-electron chi connectivity index (χ4n) is 3.01. The number of alkyl halides is 3. The van der Waals surface area contributed by atoms with E-state index in [0.29, 0.717) is 11.5 Å². The summed E-state index contributed by atoms with van der Waals surface area (Å²) in [7, 11) is 2.97. The Morgan fingerprint density at radius 2 is 1.73 bits per heavy atom. The molecule has 1 aliphatic rings. The number of rotatable bonds is 6. The maximum absolute atomic E-state index is 13.0. The lowest BCUT2D eigenvalue weighted by Gasteiger charge is -2.18. The van der Waals surface area contributed by atoms with E-state index in [4.69, 9.17) is 14.6 Å². The van der Waals surface area contributed by atoms with Gasteiger partial charge in [-0.25, -0.2) is 0 Å². The van der Waals surface area contributed by atoms with Crippen LogP contribution in [0.5, 0.6) is 11.5 Å². The molecule has 2 rings (SSSR count). The van der Waals surface area contributed by atoms with E-state index in [1.807, 2.05) is 0 Å². The van der Waals surface area contributed by atoms with Gasteiger partial charge in [0, 0.05) is 25.6 Å². The summed E-state index contributed by atoms with van der Waals surface area (Å²) in [6.45, 7) is -1.06. The molecule has 1 aromatic rings. The number of carbonyl (C=O) groups is 2. The maximum Gasteiger partial charge on any atom is 0.394 e. The third-order valence-corrected chi connectivity index (χ3v) is 4.45. The summed E-state index contributed by atoms with van der Waals surface area (Å²) >= 11 is 0. The number of ether oxygens (including phenoxy) is 2. The highest BCUT2D eigenvalue weighted by molar-refractivity contribution is 5.79. The minimum absolute atomic E-state index is 0.0345. The Hall–Kier alpha value is -2.45. The van der Waals surface area contributed by atoms with Gasteiger partial charge in [-0.2, -0.15) is 13.2 Å². The largest absolute Gasteiger partial charge is 0.497 e. The van der Waals surface area contributed by atoms with Crippen molar-refractivity contribution in [2.75, 3.05) is 27.3 Å². The molecule has 1 heterocycles. The lowest BCUT2D eigenvalue weighted by molar-refractivity contribution is -0.188. The number of carboxylic acids is 1.